The van der Waals surface area contributed by atoms with Crippen LogP contribution in [0.1, 0.15) is 27.2 Å². The van der Waals surface area contributed by atoms with Gasteiger partial charge in [-0.25, -0.2) is 5.84 Å². The highest BCUT2D eigenvalue weighted by molar-refractivity contribution is 7.55. The van der Waals surface area contributed by atoms with Gasteiger partial charge < -0.3 is 5.01 Å². The van der Waals surface area contributed by atoms with Crippen molar-refractivity contribution in [2.45, 2.75) is 33.2 Å². The van der Waals surface area contributed by atoms with Crippen molar-refractivity contribution in [3.05, 3.63) is 24.4 Å². The third kappa shape index (κ3) is 5.14. The van der Waals surface area contributed by atoms with Crippen molar-refractivity contribution in [2.24, 2.45) is 11.8 Å². The molecule has 1 atom stereocenters. The maximum Gasteiger partial charge on any atom is 0.0675 e. The maximum absolute atomic E-state index is 6.13. The van der Waals surface area contributed by atoms with Gasteiger partial charge in [0.1, 0.15) is 0 Å². The largest absolute Gasteiger partial charge is 0.308 e. The van der Waals surface area contributed by atoms with E-state index in [4.69, 9.17) is 5.84 Å². The number of hydrogen-bond acceptors (Lipinski definition) is 2. The van der Waals surface area contributed by atoms with Crippen LogP contribution in [-0.4, -0.2) is 30.5 Å². The Morgan fingerprint density at radius 2 is 1.81 bits per heavy atom. The quantitative estimate of drug-likeness (QED) is 0.321. The predicted molar refractivity (Wildman–Crippen MR) is 76.9 cm³/mol. The van der Waals surface area contributed by atoms with Crippen molar-refractivity contribution in [1.29, 1.82) is 0 Å². The summed E-state index contributed by atoms with van der Waals surface area (Å²) in [7, 11) is 0.127. The first-order valence-electron chi connectivity index (χ1n) is 5.79. The molecular weight excluding hydrogens is 215 g/mol. The van der Waals surface area contributed by atoms with Crippen LogP contribution in [0, 0.1) is 5.92 Å². The molecule has 0 aliphatic rings. The second-order valence-corrected chi connectivity index (χ2v) is 7.67. The fourth-order valence-corrected chi connectivity index (χ4v) is 2.51. The number of allylic oxidation sites excluding steroid dienone is 1. The van der Waals surface area contributed by atoms with Gasteiger partial charge in [0.05, 0.1) is 6.04 Å². The van der Waals surface area contributed by atoms with Crippen molar-refractivity contribution in [1.82, 2.24) is 5.01 Å². The maximum atomic E-state index is 6.13. The van der Waals surface area contributed by atoms with Crippen molar-refractivity contribution in [2.75, 3.05) is 19.5 Å². The summed E-state index contributed by atoms with van der Waals surface area (Å²) in [6.07, 6.45) is 2.19. The second-order valence-electron chi connectivity index (χ2n) is 5.06. The van der Waals surface area contributed by atoms with Crippen LogP contribution in [0.25, 0.3) is 0 Å². The van der Waals surface area contributed by atoms with E-state index in [0.717, 1.165) is 17.7 Å². The number of hydrogen-bond donors (Lipinski definition) is 1. The van der Waals surface area contributed by atoms with E-state index in [2.05, 4.69) is 40.3 Å². The zero-order valence-corrected chi connectivity index (χ0v) is 12.3. The summed E-state index contributed by atoms with van der Waals surface area (Å²) in [6.45, 7) is 19.0. The zero-order valence-electron chi connectivity index (χ0n) is 11.5. The van der Waals surface area contributed by atoms with E-state index < -0.39 is 0 Å². The molecule has 0 heterocycles. The molecule has 94 valence electrons. The van der Waals surface area contributed by atoms with Crippen molar-refractivity contribution in [3.63, 3.8) is 0 Å². The Balaban J connectivity index is 4.44. The summed E-state index contributed by atoms with van der Waals surface area (Å²) in [5, 5.41) is 1.81. The summed E-state index contributed by atoms with van der Waals surface area (Å²) in [5.74, 6) is 6.59. The molecule has 0 fully saturated rings. The molecular formula is C13H27N2P. The predicted octanol–water partition coefficient (Wildman–Crippen LogP) is 3.41. The van der Waals surface area contributed by atoms with E-state index in [1.54, 1.807) is 0 Å². The van der Waals surface area contributed by atoms with Crippen LogP contribution in [0.5, 0.6) is 0 Å². The van der Waals surface area contributed by atoms with Crippen molar-refractivity contribution >= 4 is 7.92 Å². The molecule has 0 aliphatic carbocycles. The van der Waals surface area contributed by atoms with Gasteiger partial charge in [-0.1, -0.05) is 32.6 Å². The Bertz CT molecular complexity index is 246. The van der Waals surface area contributed by atoms with Crippen molar-refractivity contribution < 1.29 is 0 Å². The van der Waals surface area contributed by atoms with Crippen LogP contribution in [0.3, 0.4) is 0 Å². The van der Waals surface area contributed by atoms with Crippen molar-refractivity contribution in [3.8, 4) is 0 Å². The lowest BCUT2D eigenvalue weighted by atomic mass is 9.97. The molecule has 16 heavy (non-hydrogen) atoms. The van der Waals surface area contributed by atoms with E-state index in [1.807, 2.05) is 11.9 Å². The molecule has 0 aliphatic heterocycles. The molecule has 0 bridgehead atoms. The highest BCUT2D eigenvalue weighted by Gasteiger charge is 2.21. The topological polar surface area (TPSA) is 29.3 Å². The molecule has 3 heteroatoms. The Kier molecular flexibility index (Phi) is 6.94. The Morgan fingerprint density at radius 1 is 1.31 bits per heavy atom. The first-order valence-corrected chi connectivity index (χ1v) is 8.21. The minimum atomic E-state index is 0.127. The van der Waals surface area contributed by atoms with E-state index in [9.17, 15) is 0 Å². The van der Waals surface area contributed by atoms with Crippen LogP contribution >= 0.6 is 7.92 Å². The smallest absolute Gasteiger partial charge is 0.0675 e. The molecule has 0 spiro atoms. The van der Waals surface area contributed by atoms with Gasteiger partial charge in [-0.3, -0.25) is 0 Å². The highest BCUT2D eigenvalue weighted by atomic mass is 31.1. The summed E-state index contributed by atoms with van der Waals surface area (Å²) in [5.41, 5.74) is 2.13. The molecule has 0 rings (SSSR count). The van der Waals surface area contributed by atoms with Gasteiger partial charge in [-0.2, -0.15) is 0 Å². The molecule has 0 saturated carbocycles. The molecule has 0 radical (unpaired) electrons. The molecule has 0 aromatic heterocycles. The fraction of sp³-hybridized carbons (Fsp3) is 0.692. The minimum absolute atomic E-state index is 0.127. The molecule has 0 aromatic rings. The van der Waals surface area contributed by atoms with Gasteiger partial charge in [-0.05, 0) is 38.8 Å². The highest BCUT2D eigenvalue weighted by Crippen LogP contribution is 2.28. The molecule has 0 amide bonds. The standard InChI is InChI=1S/C13H27N2P/c1-10(2)13(11(3)4)15(14)12(5)8-9-16(6)7/h11,13H,1,5,8-9,14H2,2-4,6-7H3. The molecule has 0 aromatic carbocycles. The number of hydrazine groups is 1. The van der Waals surface area contributed by atoms with E-state index in [1.165, 1.54) is 6.16 Å². The molecule has 2 N–H and O–H groups in total. The Labute approximate surface area is 102 Å². The average molecular weight is 242 g/mol. The van der Waals surface area contributed by atoms with Gasteiger partial charge in [-0.15, -0.1) is 7.92 Å². The molecule has 2 nitrogen and oxygen atoms in total. The van der Waals surface area contributed by atoms with Gasteiger partial charge >= 0.3 is 0 Å². The summed E-state index contributed by atoms with van der Waals surface area (Å²) in [4.78, 5) is 0. The first-order chi connectivity index (χ1) is 7.27. The van der Waals surface area contributed by atoms with E-state index in [0.29, 0.717) is 5.92 Å². The summed E-state index contributed by atoms with van der Waals surface area (Å²) < 4.78 is 0. The van der Waals surface area contributed by atoms with Crippen LogP contribution < -0.4 is 5.84 Å². The Hall–Kier alpha value is -0.330. The Morgan fingerprint density at radius 3 is 2.12 bits per heavy atom. The molecule has 0 saturated heterocycles. The van der Waals surface area contributed by atoms with Crippen LogP contribution in [0.15, 0.2) is 24.4 Å². The van der Waals surface area contributed by atoms with Gasteiger partial charge in [0.25, 0.3) is 0 Å². The minimum Gasteiger partial charge on any atom is -0.308 e. The number of rotatable bonds is 7. The monoisotopic (exact) mass is 242 g/mol. The third-order valence-corrected chi connectivity index (χ3v) is 3.77. The van der Waals surface area contributed by atoms with Crippen LogP contribution in [0.2, 0.25) is 0 Å². The van der Waals surface area contributed by atoms with Crippen LogP contribution in [-0.2, 0) is 0 Å². The molecule has 1 unspecified atom stereocenters. The summed E-state index contributed by atoms with van der Waals surface area (Å²) in [6, 6.07) is 0.201. The summed E-state index contributed by atoms with van der Waals surface area (Å²) >= 11 is 0. The normalized spacial score (nSPS) is 13.0. The van der Waals surface area contributed by atoms with Crippen LogP contribution in [0.4, 0.5) is 0 Å². The lowest BCUT2D eigenvalue weighted by molar-refractivity contribution is 0.232. The fourth-order valence-electron chi connectivity index (χ4n) is 1.81. The van der Waals surface area contributed by atoms with Gasteiger partial charge in [0, 0.05) is 5.70 Å². The lowest BCUT2D eigenvalue weighted by Gasteiger charge is -2.34. The number of nitrogens with two attached hydrogens (primary N) is 1. The third-order valence-electron chi connectivity index (χ3n) is 2.65. The number of nitrogens with zero attached hydrogens (tertiary/aromatic N) is 1. The average Bonchev–Trinajstić information content (AvgIpc) is 2.12. The van der Waals surface area contributed by atoms with Gasteiger partial charge in [0.15, 0.2) is 0 Å². The van der Waals surface area contributed by atoms with E-state index >= 15 is 0 Å². The van der Waals surface area contributed by atoms with Gasteiger partial charge in [0.2, 0.25) is 0 Å². The second kappa shape index (κ2) is 7.09. The SMILES string of the molecule is C=C(C)C(C(C)C)N(N)C(=C)CCP(C)C. The lowest BCUT2D eigenvalue weighted by Crippen LogP contribution is -2.43. The van der Waals surface area contributed by atoms with E-state index in [-0.39, 0.29) is 14.0 Å². The first kappa shape index (κ1) is 15.7. The zero-order chi connectivity index (χ0) is 12.9.